The van der Waals surface area contributed by atoms with Gasteiger partial charge in [0.2, 0.25) is 5.91 Å². The molecule has 1 aliphatic carbocycles. The number of benzene rings is 1. The molecular weight excluding hydrogens is 334 g/mol. The second-order valence-corrected chi connectivity index (χ2v) is 7.48. The highest BCUT2D eigenvalue weighted by Crippen LogP contribution is 2.39. The second-order valence-electron chi connectivity index (χ2n) is 6.53. The van der Waals surface area contributed by atoms with Crippen LogP contribution in [0.2, 0.25) is 0 Å². The summed E-state index contributed by atoms with van der Waals surface area (Å²) >= 11 is 1.34. The van der Waals surface area contributed by atoms with Crippen molar-refractivity contribution >= 4 is 17.7 Å². The van der Waals surface area contributed by atoms with Crippen molar-refractivity contribution < 1.29 is 4.79 Å². The van der Waals surface area contributed by atoms with Gasteiger partial charge in [-0.3, -0.25) is 4.79 Å². The minimum Gasteiger partial charge on any atom is -0.337 e. The number of nitrogens with one attached hydrogen (secondary N) is 1. The van der Waals surface area contributed by atoms with E-state index in [1.54, 1.807) is 13.3 Å². The summed E-state index contributed by atoms with van der Waals surface area (Å²) in [6, 6.07) is 12.4. The Morgan fingerprint density at radius 1 is 1.48 bits per heavy atom. The third-order valence-corrected chi connectivity index (χ3v) is 5.55. The van der Waals surface area contributed by atoms with Crippen LogP contribution in [0.4, 0.5) is 0 Å². The molecule has 1 aliphatic rings. The van der Waals surface area contributed by atoms with Crippen LogP contribution in [0.1, 0.15) is 38.3 Å². The van der Waals surface area contributed by atoms with Crippen molar-refractivity contribution in [2.45, 2.75) is 43.4 Å². The van der Waals surface area contributed by atoms with Crippen LogP contribution in [-0.4, -0.2) is 32.0 Å². The third-order valence-electron chi connectivity index (χ3n) is 4.60. The second kappa shape index (κ2) is 7.28. The zero-order chi connectivity index (χ0) is 17.9. The Hall–Kier alpha value is -2.33. The molecule has 0 spiro atoms. The quantitative estimate of drug-likeness (QED) is 0.772. The average molecular weight is 355 g/mol. The van der Waals surface area contributed by atoms with E-state index in [1.807, 2.05) is 22.8 Å². The molecule has 7 heteroatoms. The molecule has 6 nitrogen and oxygen atoms in total. The van der Waals surface area contributed by atoms with Crippen molar-refractivity contribution in [2.24, 2.45) is 5.92 Å². The summed E-state index contributed by atoms with van der Waals surface area (Å²) in [6.45, 7) is 3.87. The number of nitriles is 1. The lowest BCUT2D eigenvalue weighted by Crippen LogP contribution is -2.47. The van der Waals surface area contributed by atoms with Gasteiger partial charge < -0.3 is 9.88 Å². The van der Waals surface area contributed by atoms with E-state index in [4.69, 9.17) is 0 Å². The Balaban J connectivity index is 1.62. The maximum atomic E-state index is 12.3. The van der Waals surface area contributed by atoms with Crippen LogP contribution >= 0.6 is 11.8 Å². The van der Waals surface area contributed by atoms with E-state index in [-0.39, 0.29) is 23.6 Å². The summed E-state index contributed by atoms with van der Waals surface area (Å²) in [6.07, 6.45) is 3.68. The molecule has 1 heterocycles. The maximum absolute atomic E-state index is 12.3. The zero-order valence-electron chi connectivity index (χ0n) is 14.3. The van der Waals surface area contributed by atoms with Gasteiger partial charge in [0.05, 0.1) is 17.9 Å². The van der Waals surface area contributed by atoms with Crippen molar-refractivity contribution in [3.63, 3.8) is 0 Å². The predicted octanol–water partition coefficient (Wildman–Crippen LogP) is 2.79. The standard InChI is InChI=1S/C18H21N5OS/c1-13(14-6-4-3-5-7-14)23-12-20-22-17(23)25-10-16(24)21-18(2,11-19)15-8-9-15/h3-7,12-13,15H,8-10H2,1-2H3,(H,21,24)/t13-,18-/m1/s1. The van der Waals surface area contributed by atoms with Gasteiger partial charge in [0.15, 0.2) is 5.16 Å². The molecule has 1 saturated carbocycles. The molecule has 3 rings (SSSR count). The molecule has 1 fully saturated rings. The van der Waals surface area contributed by atoms with E-state index in [2.05, 4.69) is 40.6 Å². The van der Waals surface area contributed by atoms with Gasteiger partial charge in [0.1, 0.15) is 11.9 Å². The molecule has 1 amide bonds. The molecule has 0 unspecified atom stereocenters. The van der Waals surface area contributed by atoms with Gasteiger partial charge in [-0.2, -0.15) is 5.26 Å². The highest BCUT2D eigenvalue weighted by atomic mass is 32.2. The summed E-state index contributed by atoms with van der Waals surface area (Å²) in [5.41, 5.74) is 0.391. The van der Waals surface area contributed by atoms with E-state index in [0.29, 0.717) is 5.16 Å². The summed E-state index contributed by atoms with van der Waals surface area (Å²) in [5, 5.41) is 21.0. The summed E-state index contributed by atoms with van der Waals surface area (Å²) < 4.78 is 1.96. The lowest BCUT2D eigenvalue weighted by molar-refractivity contribution is -0.119. The molecule has 1 aromatic carbocycles. The largest absolute Gasteiger partial charge is 0.337 e. The Morgan fingerprint density at radius 2 is 2.20 bits per heavy atom. The van der Waals surface area contributed by atoms with Gasteiger partial charge in [0.25, 0.3) is 0 Å². The smallest absolute Gasteiger partial charge is 0.231 e. The maximum Gasteiger partial charge on any atom is 0.231 e. The van der Waals surface area contributed by atoms with Crippen LogP contribution in [0.25, 0.3) is 0 Å². The van der Waals surface area contributed by atoms with Crippen LogP contribution in [0.3, 0.4) is 0 Å². The molecule has 1 aromatic heterocycles. The topological polar surface area (TPSA) is 83.6 Å². The van der Waals surface area contributed by atoms with Crippen LogP contribution < -0.4 is 5.32 Å². The van der Waals surface area contributed by atoms with Crippen LogP contribution in [0, 0.1) is 17.2 Å². The molecule has 2 aromatic rings. The van der Waals surface area contributed by atoms with Gasteiger partial charge in [-0.1, -0.05) is 42.1 Å². The Labute approximate surface area is 151 Å². The lowest BCUT2D eigenvalue weighted by atomic mass is 9.98. The first-order valence-corrected chi connectivity index (χ1v) is 9.31. The van der Waals surface area contributed by atoms with Gasteiger partial charge in [0, 0.05) is 0 Å². The number of nitrogens with zero attached hydrogens (tertiary/aromatic N) is 4. The van der Waals surface area contributed by atoms with Crippen molar-refractivity contribution in [3.05, 3.63) is 42.2 Å². The number of hydrogen-bond donors (Lipinski definition) is 1. The van der Waals surface area contributed by atoms with Crippen LogP contribution in [0.15, 0.2) is 41.8 Å². The van der Waals surface area contributed by atoms with Crippen molar-refractivity contribution in [2.75, 3.05) is 5.75 Å². The fourth-order valence-corrected chi connectivity index (χ4v) is 3.62. The number of hydrogen-bond acceptors (Lipinski definition) is 5. The molecular formula is C18H21N5OS. The first-order chi connectivity index (χ1) is 12.0. The number of aromatic nitrogens is 3. The number of carbonyl (C=O) groups is 1. The number of amides is 1. The normalized spacial score (nSPS) is 17.3. The van der Waals surface area contributed by atoms with Gasteiger partial charge in [-0.15, -0.1) is 10.2 Å². The Morgan fingerprint density at radius 3 is 2.84 bits per heavy atom. The molecule has 0 aliphatic heterocycles. The number of rotatable bonds is 7. The average Bonchev–Trinajstić information content (AvgIpc) is 3.39. The Kier molecular flexibility index (Phi) is 5.09. The third kappa shape index (κ3) is 4.02. The monoisotopic (exact) mass is 355 g/mol. The van der Waals surface area contributed by atoms with Crippen molar-refractivity contribution in [1.29, 1.82) is 5.26 Å². The molecule has 0 radical (unpaired) electrons. The molecule has 130 valence electrons. The number of carbonyl (C=O) groups excluding carboxylic acids is 1. The number of thioether (sulfide) groups is 1. The molecule has 0 saturated heterocycles. The fraction of sp³-hybridized carbons (Fsp3) is 0.444. The first kappa shape index (κ1) is 17.5. The van der Waals surface area contributed by atoms with E-state index in [1.165, 1.54) is 11.8 Å². The molecule has 25 heavy (non-hydrogen) atoms. The highest BCUT2D eigenvalue weighted by molar-refractivity contribution is 7.99. The first-order valence-electron chi connectivity index (χ1n) is 8.33. The van der Waals surface area contributed by atoms with E-state index >= 15 is 0 Å². The summed E-state index contributed by atoms with van der Waals surface area (Å²) in [5.74, 6) is 0.334. The SMILES string of the molecule is C[C@H](c1ccccc1)n1cnnc1SCC(=O)N[C@](C)(C#N)C1CC1. The van der Waals surface area contributed by atoms with E-state index < -0.39 is 5.54 Å². The molecule has 2 atom stereocenters. The molecule has 0 bridgehead atoms. The van der Waals surface area contributed by atoms with Gasteiger partial charge >= 0.3 is 0 Å². The minimum absolute atomic E-state index is 0.0811. The van der Waals surface area contributed by atoms with Crippen LogP contribution in [0.5, 0.6) is 0 Å². The minimum atomic E-state index is -0.761. The van der Waals surface area contributed by atoms with Crippen molar-refractivity contribution in [1.82, 2.24) is 20.1 Å². The fourth-order valence-electron chi connectivity index (χ4n) is 2.83. The van der Waals surface area contributed by atoms with Gasteiger partial charge in [-0.25, -0.2) is 0 Å². The van der Waals surface area contributed by atoms with Gasteiger partial charge in [-0.05, 0) is 38.2 Å². The summed E-state index contributed by atoms with van der Waals surface area (Å²) in [7, 11) is 0. The highest BCUT2D eigenvalue weighted by Gasteiger charge is 2.42. The molecule has 1 N–H and O–H groups in total. The Bertz CT molecular complexity index is 780. The van der Waals surface area contributed by atoms with E-state index in [0.717, 1.165) is 18.4 Å². The predicted molar refractivity (Wildman–Crippen MR) is 95.9 cm³/mol. The summed E-state index contributed by atoms with van der Waals surface area (Å²) in [4.78, 5) is 12.3. The van der Waals surface area contributed by atoms with Crippen LogP contribution in [-0.2, 0) is 4.79 Å². The van der Waals surface area contributed by atoms with Crippen molar-refractivity contribution in [3.8, 4) is 6.07 Å². The lowest BCUT2D eigenvalue weighted by Gasteiger charge is -2.22. The van der Waals surface area contributed by atoms with E-state index in [9.17, 15) is 10.1 Å². The zero-order valence-corrected chi connectivity index (χ0v) is 15.2.